The van der Waals surface area contributed by atoms with Crippen molar-refractivity contribution in [3.63, 3.8) is 0 Å². The molecule has 0 aromatic heterocycles. The van der Waals surface area contributed by atoms with Gasteiger partial charge < -0.3 is 15.0 Å². The number of β-lactam (4-membered cyclic amide) rings is 1. The standard InChI is InChI=1S/C14H17N3O6S/c1-4-23-14(22)11(7(2)18)17-12(21)10(13(17)24-8(3)19)16-9(20)5-6-15/h10-11,13H,4-5H2,1-3H3,(H,16,20). The average molecular weight is 355 g/mol. The van der Waals surface area contributed by atoms with Crippen LogP contribution >= 0.6 is 11.8 Å². The minimum atomic E-state index is -1.47. The highest BCUT2D eigenvalue weighted by molar-refractivity contribution is 8.14. The molecule has 0 radical (unpaired) electrons. The smallest absolute Gasteiger partial charge is 0.336 e. The molecule has 9 nitrogen and oxygen atoms in total. The summed E-state index contributed by atoms with van der Waals surface area (Å²) in [4.78, 5) is 59.9. The maximum atomic E-state index is 12.3. The fraction of sp³-hybridized carbons (Fsp3) is 0.571. The zero-order chi connectivity index (χ0) is 18.4. The Morgan fingerprint density at radius 3 is 2.46 bits per heavy atom. The number of amides is 2. The number of carbonyl (C=O) groups excluding carboxylic acids is 5. The molecule has 10 heteroatoms. The lowest BCUT2D eigenvalue weighted by Crippen LogP contribution is -2.74. The van der Waals surface area contributed by atoms with Gasteiger partial charge in [-0.2, -0.15) is 5.26 Å². The molecule has 0 spiro atoms. The molecule has 130 valence electrons. The van der Waals surface area contributed by atoms with E-state index in [0.29, 0.717) is 11.8 Å². The summed E-state index contributed by atoms with van der Waals surface area (Å²) >= 11 is 0.711. The van der Waals surface area contributed by atoms with Gasteiger partial charge in [-0.3, -0.25) is 19.2 Å². The summed E-state index contributed by atoms with van der Waals surface area (Å²) in [6.07, 6.45) is -0.449. The van der Waals surface area contributed by atoms with Crippen LogP contribution in [0.4, 0.5) is 0 Å². The Labute approximate surface area is 142 Å². The van der Waals surface area contributed by atoms with Crippen molar-refractivity contribution >= 4 is 40.4 Å². The summed E-state index contributed by atoms with van der Waals surface area (Å²) < 4.78 is 4.80. The lowest BCUT2D eigenvalue weighted by atomic mass is 10.0. The summed E-state index contributed by atoms with van der Waals surface area (Å²) in [7, 11) is 0. The van der Waals surface area contributed by atoms with Crippen molar-refractivity contribution in [2.45, 2.75) is 44.6 Å². The van der Waals surface area contributed by atoms with E-state index in [4.69, 9.17) is 10.00 Å². The number of nitrogens with one attached hydrogen (secondary N) is 1. The van der Waals surface area contributed by atoms with Crippen molar-refractivity contribution in [2.24, 2.45) is 0 Å². The van der Waals surface area contributed by atoms with Gasteiger partial charge in [0.25, 0.3) is 0 Å². The summed E-state index contributed by atoms with van der Waals surface area (Å²) in [5.41, 5.74) is 0. The second kappa shape index (κ2) is 8.44. The average Bonchev–Trinajstić information content (AvgIpc) is 2.48. The third-order valence-electron chi connectivity index (χ3n) is 3.10. The summed E-state index contributed by atoms with van der Waals surface area (Å²) in [5, 5.41) is 9.54. The van der Waals surface area contributed by atoms with E-state index in [0.717, 1.165) is 11.8 Å². The zero-order valence-electron chi connectivity index (χ0n) is 13.4. The largest absolute Gasteiger partial charge is 0.464 e. The Balaban J connectivity index is 3.03. The van der Waals surface area contributed by atoms with Gasteiger partial charge in [-0.15, -0.1) is 0 Å². The number of rotatable bonds is 7. The topological polar surface area (TPSA) is 134 Å². The normalized spacial score (nSPS) is 20.4. The van der Waals surface area contributed by atoms with Crippen LogP contribution in [0.2, 0.25) is 0 Å². The van der Waals surface area contributed by atoms with Gasteiger partial charge >= 0.3 is 5.97 Å². The zero-order valence-corrected chi connectivity index (χ0v) is 14.2. The molecule has 0 aromatic rings. The van der Waals surface area contributed by atoms with Gasteiger partial charge in [0.05, 0.1) is 12.7 Å². The minimum Gasteiger partial charge on any atom is -0.464 e. The van der Waals surface area contributed by atoms with Crippen molar-refractivity contribution in [3.8, 4) is 6.07 Å². The van der Waals surface area contributed by atoms with Crippen LogP contribution in [-0.2, 0) is 28.7 Å². The second-order valence-electron chi connectivity index (χ2n) is 4.89. The van der Waals surface area contributed by atoms with E-state index < -0.39 is 47.4 Å². The van der Waals surface area contributed by atoms with Crippen LogP contribution < -0.4 is 5.32 Å². The third kappa shape index (κ3) is 4.32. The predicted octanol–water partition coefficient (Wildman–Crippen LogP) is -0.646. The van der Waals surface area contributed by atoms with E-state index in [1.54, 1.807) is 13.0 Å². The molecule has 3 atom stereocenters. The highest BCUT2D eigenvalue weighted by Gasteiger charge is 2.55. The first kappa shape index (κ1) is 19.6. The third-order valence-corrected chi connectivity index (χ3v) is 4.17. The molecule has 1 rings (SSSR count). The molecule has 1 aliphatic heterocycles. The van der Waals surface area contributed by atoms with Crippen molar-refractivity contribution in [3.05, 3.63) is 0 Å². The summed E-state index contributed by atoms with van der Waals surface area (Å²) in [6.45, 7) is 3.97. The molecular formula is C14H17N3O6S. The summed E-state index contributed by atoms with van der Waals surface area (Å²) in [5.74, 6) is -2.87. The van der Waals surface area contributed by atoms with Gasteiger partial charge in [-0.1, -0.05) is 11.8 Å². The fourth-order valence-corrected chi connectivity index (χ4v) is 3.18. The molecule has 1 N–H and O–H groups in total. The fourth-order valence-electron chi connectivity index (χ4n) is 2.18. The van der Waals surface area contributed by atoms with Gasteiger partial charge in [0, 0.05) is 6.92 Å². The van der Waals surface area contributed by atoms with Crippen LogP contribution in [0.3, 0.4) is 0 Å². The molecule has 0 aliphatic carbocycles. The van der Waals surface area contributed by atoms with Crippen LogP contribution in [0.25, 0.3) is 0 Å². The number of esters is 1. The molecule has 24 heavy (non-hydrogen) atoms. The van der Waals surface area contributed by atoms with Gasteiger partial charge in [0.15, 0.2) is 16.9 Å². The van der Waals surface area contributed by atoms with E-state index in [2.05, 4.69) is 5.32 Å². The monoisotopic (exact) mass is 355 g/mol. The van der Waals surface area contributed by atoms with Crippen molar-refractivity contribution in [1.29, 1.82) is 5.26 Å². The number of Topliss-reactive ketones (excluding diaryl/α,β-unsaturated/α-hetero) is 1. The van der Waals surface area contributed by atoms with Crippen molar-refractivity contribution in [2.75, 3.05) is 6.61 Å². The molecule has 1 aliphatic rings. The summed E-state index contributed by atoms with van der Waals surface area (Å²) in [6, 6.07) is -0.921. The number of nitriles is 1. The Morgan fingerprint density at radius 2 is 2.00 bits per heavy atom. The predicted molar refractivity (Wildman–Crippen MR) is 82.2 cm³/mol. The number of likely N-dealkylation sites (tertiary alicyclic amines) is 1. The maximum Gasteiger partial charge on any atom is 0.336 e. The van der Waals surface area contributed by atoms with E-state index >= 15 is 0 Å². The van der Waals surface area contributed by atoms with Crippen LogP contribution in [0, 0.1) is 11.3 Å². The molecular weight excluding hydrogens is 338 g/mol. The molecule has 0 saturated carbocycles. The number of thioether (sulfide) groups is 1. The Bertz CT molecular complexity index is 614. The highest BCUT2D eigenvalue weighted by Crippen LogP contribution is 2.33. The lowest BCUT2D eigenvalue weighted by Gasteiger charge is -2.48. The second-order valence-corrected chi connectivity index (χ2v) is 6.18. The molecule has 1 fully saturated rings. The lowest BCUT2D eigenvalue weighted by molar-refractivity contribution is -0.167. The number of hydrogen-bond donors (Lipinski definition) is 1. The molecule has 0 bridgehead atoms. The Kier molecular flexibility index (Phi) is 6.91. The molecule has 2 amide bonds. The van der Waals surface area contributed by atoms with Gasteiger partial charge in [-0.25, -0.2) is 4.79 Å². The number of nitrogens with zero attached hydrogens (tertiary/aromatic N) is 2. The van der Waals surface area contributed by atoms with Crippen LogP contribution in [-0.4, -0.2) is 57.6 Å². The quantitative estimate of drug-likeness (QED) is 0.362. The first-order valence-electron chi connectivity index (χ1n) is 7.07. The van der Waals surface area contributed by atoms with E-state index in [9.17, 15) is 24.0 Å². The van der Waals surface area contributed by atoms with Gasteiger partial charge in [-0.05, 0) is 13.8 Å². The molecule has 1 heterocycles. The first-order chi connectivity index (χ1) is 11.2. The minimum absolute atomic E-state index is 0.0253. The van der Waals surface area contributed by atoms with Gasteiger partial charge in [0.2, 0.25) is 11.8 Å². The Morgan fingerprint density at radius 1 is 1.38 bits per heavy atom. The van der Waals surface area contributed by atoms with Gasteiger partial charge in [0.1, 0.15) is 17.8 Å². The van der Waals surface area contributed by atoms with Crippen molar-refractivity contribution in [1.82, 2.24) is 10.2 Å². The van der Waals surface area contributed by atoms with Crippen LogP contribution in [0.1, 0.15) is 27.2 Å². The van der Waals surface area contributed by atoms with Crippen LogP contribution in [0.15, 0.2) is 0 Å². The number of ether oxygens (including phenoxy) is 1. The van der Waals surface area contributed by atoms with Crippen LogP contribution in [0.5, 0.6) is 0 Å². The number of hydrogen-bond acceptors (Lipinski definition) is 8. The number of ketones is 1. The number of carbonyl (C=O) groups is 5. The molecule has 1 saturated heterocycles. The molecule has 3 unspecified atom stereocenters. The Hall–Kier alpha value is -2.41. The maximum absolute atomic E-state index is 12.3. The van der Waals surface area contributed by atoms with E-state index in [-0.39, 0.29) is 11.7 Å². The SMILES string of the molecule is CCOC(=O)C(C(C)=O)N1C(=O)C(NC(=O)CC#N)C1SC(C)=O. The first-order valence-corrected chi connectivity index (χ1v) is 7.95. The van der Waals surface area contributed by atoms with E-state index in [1.165, 1.54) is 6.92 Å². The van der Waals surface area contributed by atoms with E-state index in [1.807, 2.05) is 0 Å². The molecule has 0 aromatic carbocycles. The highest BCUT2D eigenvalue weighted by atomic mass is 32.2. The van der Waals surface area contributed by atoms with Crippen molar-refractivity contribution < 1.29 is 28.7 Å².